The lowest BCUT2D eigenvalue weighted by Gasteiger charge is -2.34. The Morgan fingerprint density at radius 3 is 2.62 bits per heavy atom. The van der Waals surface area contributed by atoms with E-state index in [9.17, 15) is 13.6 Å². The number of fused-ring (bicyclic) bond motifs is 1. The van der Waals surface area contributed by atoms with Crippen molar-refractivity contribution in [2.75, 3.05) is 5.32 Å². The molecule has 2 aliphatic rings. The maximum Gasteiger partial charge on any atom is 0.226 e. The summed E-state index contributed by atoms with van der Waals surface area (Å²) in [7, 11) is 0. The van der Waals surface area contributed by atoms with E-state index >= 15 is 0 Å². The molecule has 5 nitrogen and oxygen atoms in total. The number of nitrogens with one attached hydrogen (secondary N) is 1. The van der Waals surface area contributed by atoms with E-state index < -0.39 is 17.7 Å². The quantitative estimate of drug-likeness (QED) is 0.873. The highest BCUT2D eigenvalue weighted by Crippen LogP contribution is 2.41. The number of hydrogen-bond acceptors (Lipinski definition) is 4. The van der Waals surface area contributed by atoms with Crippen molar-refractivity contribution in [3.05, 3.63) is 52.5 Å². The van der Waals surface area contributed by atoms with Crippen LogP contribution in [0.15, 0.2) is 29.5 Å². The highest BCUT2D eigenvalue weighted by Gasteiger charge is 2.38. The van der Waals surface area contributed by atoms with Gasteiger partial charge in [0.1, 0.15) is 23.5 Å². The number of hydrogen-bond donors (Lipinski definition) is 1. The maximum atomic E-state index is 13.7. The standard InChI is InChI=1S/C17H16F2N4O/c1-8-3-13-15(14(24)4-8)16(10-5-11(18)7-12(19)6-10)23-17(21-13)20-9(2)22-23/h5-8,16H,3-4H2,1-2H3,(H,20,21,22). The molecule has 2 aromatic rings. The zero-order valence-electron chi connectivity index (χ0n) is 13.3. The molecule has 0 fully saturated rings. The summed E-state index contributed by atoms with van der Waals surface area (Å²) >= 11 is 0. The summed E-state index contributed by atoms with van der Waals surface area (Å²) in [5.74, 6) is -0.155. The number of carbonyl (C=O) groups excluding carboxylic acids is 1. The van der Waals surface area contributed by atoms with E-state index in [1.165, 1.54) is 16.8 Å². The lowest BCUT2D eigenvalue weighted by Crippen LogP contribution is -2.33. The first kappa shape index (κ1) is 15.0. The second-order valence-corrected chi connectivity index (χ2v) is 6.49. The molecule has 4 rings (SSSR count). The molecule has 1 aromatic heterocycles. The molecule has 0 spiro atoms. The van der Waals surface area contributed by atoms with E-state index in [1.807, 2.05) is 6.92 Å². The molecule has 1 N–H and O–H groups in total. The molecule has 124 valence electrons. The third-order valence-electron chi connectivity index (χ3n) is 4.43. The molecule has 2 unspecified atom stereocenters. The van der Waals surface area contributed by atoms with Gasteiger partial charge in [-0.15, -0.1) is 0 Å². The van der Waals surface area contributed by atoms with Crippen molar-refractivity contribution in [2.45, 2.75) is 32.7 Å². The first-order valence-corrected chi connectivity index (χ1v) is 7.85. The first-order chi connectivity index (χ1) is 11.4. The molecular formula is C17H16F2N4O. The van der Waals surface area contributed by atoms with Crippen molar-refractivity contribution in [1.29, 1.82) is 0 Å². The third-order valence-corrected chi connectivity index (χ3v) is 4.43. The number of ketones is 1. The van der Waals surface area contributed by atoms with Gasteiger partial charge in [-0.05, 0) is 37.0 Å². The van der Waals surface area contributed by atoms with Crippen LogP contribution < -0.4 is 5.32 Å². The first-order valence-electron chi connectivity index (χ1n) is 7.85. The summed E-state index contributed by atoms with van der Waals surface area (Å²) in [5.41, 5.74) is 1.65. The Morgan fingerprint density at radius 1 is 1.21 bits per heavy atom. The summed E-state index contributed by atoms with van der Waals surface area (Å²) in [4.78, 5) is 17.0. The number of Topliss-reactive ketones (excluding diaryl/α,β-unsaturated/α-hetero) is 1. The Bertz CT molecular complexity index is 866. The van der Waals surface area contributed by atoms with Crippen molar-refractivity contribution in [1.82, 2.24) is 14.8 Å². The van der Waals surface area contributed by atoms with Crippen LogP contribution >= 0.6 is 0 Å². The minimum atomic E-state index is -0.680. The number of halogens is 2. The summed E-state index contributed by atoms with van der Waals surface area (Å²) in [6.45, 7) is 3.74. The van der Waals surface area contributed by atoms with Crippen LogP contribution in [0.1, 0.15) is 37.2 Å². The van der Waals surface area contributed by atoms with Gasteiger partial charge in [0.2, 0.25) is 5.95 Å². The van der Waals surface area contributed by atoms with Gasteiger partial charge in [-0.2, -0.15) is 10.1 Å². The number of carbonyl (C=O) groups is 1. The number of allylic oxidation sites excluding steroid dienone is 2. The number of rotatable bonds is 1. The fourth-order valence-electron chi connectivity index (χ4n) is 3.55. The van der Waals surface area contributed by atoms with Gasteiger partial charge < -0.3 is 5.32 Å². The lowest BCUT2D eigenvalue weighted by atomic mass is 9.81. The van der Waals surface area contributed by atoms with E-state index in [4.69, 9.17) is 0 Å². The second kappa shape index (κ2) is 5.22. The maximum absolute atomic E-state index is 13.7. The molecule has 0 saturated heterocycles. The zero-order valence-corrected chi connectivity index (χ0v) is 13.3. The molecule has 2 atom stereocenters. The monoisotopic (exact) mass is 330 g/mol. The van der Waals surface area contributed by atoms with E-state index in [0.29, 0.717) is 35.8 Å². The molecule has 2 heterocycles. The molecule has 1 aliphatic heterocycles. The Labute approximate surface area is 137 Å². The Balaban J connectivity index is 1.94. The molecule has 0 bridgehead atoms. The van der Waals surface area contributed by atoms with Gasteiger partial charge in [0.15, 0.2) is 5.78 Å². The zero-order chi connectivity index (χ0) is 17.0. The van der Waals surface area contributed by atoms with Gasteiger partial charge in [0, 0.05) is 23.8 Å². The van der Waals surface area contributed by atoms with E-state index in [-0.39, 0.29) is 11.7 Å². The number of anilines is 1. The number of aromatic nitrogens is 3. The van der Waals surface area contributed by atoms with Gasteiger partial charge >= 0.3 is 0 Å². The topological polar surface area (TPSA) is 59.8 Å². The summed E-state index contributed by atoms with van der Waals surface area (Å²) in [6, 6.07) is 2.65. The fraction of sp³-hybridized carbons (Fsp3) is 0.353. The van der Waals surface area contributed by atoms with Gasteiger partial charge in [-0.25, -0.2) is 13.5 Å². The van der Waals surface area contributed by atoms with Crippen LogP contribution in [0.4, 0.5) is 14.7 Å². The Hall–Kier alpha value is -2.57. The van der Waals surface area contributed by atoms with E-state index in [0.717, 1.165) is 11.8 Å². The van der Waals surface area contributed by atoms with E-state index in [2.05, 4.69) is 15.4 Å². The van der Waals surface area contributed by atoms with Gasteiger partial charge in [0.05, 0.1) is 0 Å². The second-order valence-electron chi connectivity index (χ2n) is 6.49. The molecular weight excluding hydrogens is 314 g/mol. The predicted octanol–water partition coefficient (Wildman–Crippen LogP) is 3.13. The molecule has 1 aliphatic carbocycles. The molecule has 0 radical (unpaired) electrons. The average Bonchev–Trinajstić information content (AvgIpc) is 2.83. The van der Waals surface area contributed by atoms with Gasteiger partial charge in [-0.3, -0.25) is 4.79 Å². The highest BCUT2D eigenvalue weighted by molar-refractivity contribution is 5.99. The largest absolute Gasteiger partial charge is 0.328 e. The predicted molar refractivity (Wildman–Crippen MR) is 83.3 cm³/mol. The minimum absolute atomic E-state index is 0.0234. The fourth-order valence-corrected chi connectivity index (χ4v) is 3.55. The van der Waals surface area contributed by atoms with Crippen LogP contribution in [0, 0.1) is 24.5 Å². The molecule has 0 amide bonds. The highest BCUT2D eigenvalue weighted by atomic mass is 19.1. The van der Waals surface area contributed by atoms with Crippen LogP contribution in [0.5, 0.6) is 0 Å². The summed E-state index contributed by atoms with van der Waals surface area (Å²) in [5, 5.41) is 7.49. The van der Waals surface area contributed by atoms with Gasteiger partial charge in [0.25, 0.3) is 0 Å². The Morgan fingerprint density at radius 2 is 1.92 bits per heavy atom. The van der Waals surface area contributed by atoms with Crippen molar-refractivity contribution < 1.29 is 13.6 Å². The minimum Gasteiger partial charge on any atom is -0.328 e. The van der Waals surface area contributed by atoms with Crippen LogP contribution in [-0.2, 0) is 4.79 Å². The van der Waals surface area contributed by atoms with Crippen LogP contribution in [0.3, 0.4) is 0 Å². The molecule has 1 aromatic carbocycles. The average molecular weight is 330 g/mol. The van der Waals surface area contributed by atoms with Crippen molar-refractivity contribution in [3.8, 4) is 0 Å². The van der Waals surface area contributed by atoms with Crippen LogP contribution in [0.2, 0.25) is 0 Å². The normalized spacial score (nSPS) is 22.9. The third kappa shape index (κ3) is 2.31. The lowest BCUT2D eigenvalue weighted by molar-refractivity contribution is -0.117. The SMILES string of the molecule is Cc1nc2n(n1)C(c1cc(F)cc(F)c1)C1=C(CC(C)CC1=O)N2. The molecule has 0 saturated carbocycles. The van der Waals surface area contributed by atoms with Crippen LogP contribution in [0.25, 0.3) is 0 Å². The van der Waals surface area contributed by atoms with Gasteiger partial charge in [-0.1, -0.05) is 6.92 Å². The number of aryl methyl sites for hydroxylation is 1. The summed E-state index contributed by atoms with van der Waals surface area (Å²) in [6.07, 6.45) is 1.11. The summed E-state index contributed by atoms with van der Waals surface area (Å²) < 4.78 is 29.0. The van der Waals surface area contributed by atoms with Crippen molar-refractivity contribution >= 4 is 11.7 Å². The van der Waals surface area contributed by atoms with E-state index in [1.54, 1.807) is 6.92 Å². The Kier molecular flexibility index (Phi) is 3.26. The smallest absolute Gasteiger partial charge is 0.226 e. The number of benzene rings is 1. The molecule has 24 heavy (non-hydrogen) atoms. The van der Waals surface area contributed by atoms with Crippen LogP contribution in [-0.4, -0.2) is 20.5 Å². The van der Waals surface area contributed by atoms with Crippen molar-refractivity contribution in [3.63, 3.8) is 0 Å². The van der Waals surface area contributed by atoms with Crippen molar-refractivity contribution in [2.24, 2.45) is 5.92 Å². The number of nitrogens with zero attached hydrogens (tertiary/aromatic N) is 3. The molecule has 7 heteroatoms.